The second kappa shape index (κ2) is 8.50. The van der Waals surface area contributed by atoms with E-state index < -0.39 is 11.9 Å². The highest BCUT2D eigenvalue weighted by Gasteiger charge is 2.42. The Balaban J connectivity index is 1.43. The maximum absolute atomic E-state index is 13.5. The lowest BCUT2D eigenvalue weighted by Crippen LogP contribution is -2.53. The lowest BCUT2D eigenvalue weighted by Gasteiger charge is -2.36. The van der Waals surface area contributed by atoms with E-state index in [1.165, 1.54) is 12.1 Å². The lowest BCUT2D eigenvalue weighted by molar-refractivity contribution is -0.147. The molecule has 5 rings (SSSR count). The minimum Gasteiger partial charge on any atom is -0.481 e. The van der Waals surface area contributed by atoms with E-state index in [2.05, 4.69) is 4.98 Å². The third kappa shape index (κ3) is 3.81. The van der Waals surface area contributed by atoms with Gasteiger partial charge in [-0.1, -0.05) is 23.2 Å². The topological polar surface area (TPSA) is 51.7 Å². The largest absolute Gasteiger partial charge is 0.481 e. The van der Waals surface area contributed by atoms with Crippen molar-refractivity contribution in [2.45, 2.75) is 38.0 Å². The average Bonchev–Trinajstić information content (AvgIpc) is 3.02. The molecule has 2 saturated heterocycles. The zero-order chi connectivity index (χ0) is 22.4. The van der Waals surface area contributed by atoms with Crippen LogP contribution in [0.2, 0.25) is 10.2 Å². The number of hydrogen-bond acceptors (Lipinski definition) is 4. The Morgan fingerprint density at radius 2 is 1.88 bits per heavy atom. The number of halogens is 3. The molecule has 2 aliphatic rings. The van der Waals surface area contributed by atoms with Gasteiger partial charge in [-0.05, 0) is 61.5 Å². The second-order valence-electron chi connectivity index (χ2n) is 8.22. The Hall–Kier alpha value is -2.41. The van der Waals surface area contributed by atoms with Crippen LogP contribution >= 0.6 is 23.2 Å². The van der Waals surface area contributed by atoms with Crippen molar-refractivity contribution in [2.75, 3.05) is 13.2 Å². The highest BCUT2D eigenvalue weighted by atomic mass is 35.5. The van der Waals surface area contributed by atoms with E-state index in [1.807, 2.05) is 11.0 Å². The number of nitrogens with zero attached hydrogens (tertiary/aromatic N) is 2. The van der Waals surface area contributed by atoms with Crippen LogP contribution in [-0.2, 0) is 9.53 Å². The van der Waals surface area contributed by atoms with Crippen LogP contribution < -0.4 is 4.74 Å². The van der Waals surface area contributed by atoms with E-state index in [9.17, 15) is 9.18 Å². The summed E-state index contributed by atoms with van der Waals surface area (Å²) in [5, 5.41) is 2.05. The zero-order valence-electron chi connectivity index (χ0n) is 17.4. The van der Waals surface area contributed by atoms with Crippen LogP contribution in [0.1, 0.15) is 19.8 Å². The molecule has 3 heterocycles. The molecule has 0 aliphatic carbocycles. The Kier molecular flexibility index (Phi) is 5.70. The van der Waals surface area contributed by atoms with Gasteiger partial charge in [-0.15, -0.1) is 0 Å². The molecule has 1 aromatic heterocycles. The molecule has 2 aromatic carbocycles. The van der Waals surface area contributed by atoms with Gasteiger partial charge in [0.15, 0.2) is 6.10 Å². The summed E-state index contributed by atoms with van der Waals surface area (Å²) in [6, 6.07) is 9.90. The molecule has 0 spiro atoms. The molecule has 0 N–H and O–H groups in total. The molecular weight excluding hydrogens is 454 g/mol. The van der Waals surface area contributed by atoms with E-state index in [4.69, 9.17) is 32.7 Å². The van der Waals surface area contributed by atoms with Crippen molar-refractivity contribution >= 4 is 39.9 Å². The third-order valence-corrected chi connectivity index (χ3v) is 6.80. The van der Waals surface area contributed by atoms with Gasteiger partial charge in [-0.25, -0.2) is 9.37 Å². The van der Waals surface area contributed by atoms with Crippen LogP contribution in [0.15, 0.2) is 42.6 Å². The number of benzene rings is 2. The smallest absolute Gasteiger partial charge is 0.264 e. The number of carbonyl (C=O) groups is 1. The molecule has 0 radical (unpaired) electrons. The molecule has 32 heavy (non-hydrogen) atoms. The van der Waals surface area contributed by atoms with Gasteiger partial charge < -0.3 is 14.4 Å². The molecule has 0 saturated carbocycles. The number of hydrogen-bond donors (Lipinski definition) is 0. The number of carbonyl (C=O) groups excluding carboxylic acids is 1. The summed E-state index contributed by atoms with van der Waals surface area (Å²) in [6.45, 7) is 2.93. The van der Waals surface area contributed by atoms with Gasteiger partial charge in [0.05, 0.1) is 30.3 Å². The highest BCUT2D eigenvalue weighted by molar-refractivity contribution is 6.36. The van der Waals surface area contributed by atoms with E-state index in [0.717, 1.165) is 23.8 Å². The summed E-state index contributed by atoms with van der Waals surface area (Å²) in [6.07, 6.45) is 2.91. The standard InChI is InChI=1S/C24H21Cl2FN2O3/c1-13(24(30)29-15-3-4-16(29)12-31-11-15)32-17-5-7-18-20(9-17)23(26)28-10-21(18)19-6-2-14(27)8-22(19)25/h2,5-10,13,15-16H,3-4,11-12H2,1H3/t13-,15?,16?/m1/s1. The summed E-state index contributed by atoms with van der Waals surface area (Å²) in [5.74, 6) is 0.0787. The Labute approximate surface area is 195 Å². The van der Waals surface area contributed by atoms with Crippen molar-refractivity contribution in [3.63, 3.8) is 0 Å². The minimum atomic E-state index is -0.643. The second-order valence-corrected chi connectivity index (χ2v) is 8.99. The van der Waals surface area contributed by atoms with Gasteiger partial charge >= 0.3 is 0 Å². The fraction of sp³-hybridized carbons (Fsp3) is 0.333. The van der Waals surface area contributed by atoms with Crippen LogP contribution in [0.25, 0.3) is 21.9 Å². The molecule has 2 unspecified atom stereocenters. The molecule has 1 amide bonds. The maximum atomic E-state index is 13.5. The van der Waals surface area contributed by atoms with Gasteiger partial charge in [0.25, 0.3) is 5.91 Å². The number of morpholine rings is 1. The summed E-state index contributed by atoms with van der Waals surface area (Å²) in [4.78, 5) is 19.3. The summed E-state index contributed by atoms with van der Waals surface area (Å²) >= 11 is 12.6. The first kappa shape index (κ1) is 21.4. The van der Waals surface area contributed by atoms with Gasteiger partial charge in [0, 0.05) is 22.7 Å². The number of aromatic nitrogens is 1. The van der Waals surface area contributed by atoms with Crippen molar-refractivity contribution in [1.29, 1.82) is 0 Å². The van der Waals surface area contributed by atoms with E-state index in [1.54, 1.807) is 31.3 Å². The first-order valence-electron chi connectivity index (χ1n) is 10.5. The Morgan fingerprint density at radius 3 is 2.59 bits per heavy atom. The third-order valence-electron chi connectivity index (χ3n) is 6.19. The fourth-order valence-corrected chi connectivity index (χ4v) is 5.11. The van der Waals surface area contributed by atoms with Crippen molar-refractivity contribution < 1.29 is 18.7 Å². The SMILES string of the molecule is C[C@@H](Oc1ccc2c(-c3ccc(F)cc3Cl)cnc(Cl)c2c1)C(=O)N1C2CCC1COC2. The van der Waals surface area contributed by atoms with Crippen LogP contribution in [0.5, 0.6) is 5.75 Å². The Bertz CT molecular complexity index is 1190. The van der Waals surface area contributed by atoms with E-state index in [0.29, 0.717) is 35.1 Å². The molecule has 8 heteroatoms. The van der Waals surface area contributed by atoms with Crippen molar-refractivity contribution in [1.82, 2.24) is 9.88 Å². The first-order chi connectivity index (χ1) is 15.4. The molecular formula is C24H21Cl2FN2O3. The van der Waals surface area contributed by atoms with E-state index >= 15 is 0 Å². The summed E-state index contributed by atoms with van der Waals surface area (Å²) < 4.78 is 25.1. The molecule has 2 aliphatic heterocycles. The quantitative estimate of drug-likeness (QED) is 0.468. The minimum absolute atomic E-state index is 0.0306. The Morgan fingerprint density at radius 1 is 1.12 bits per heavy atom. The predicted molar refractivity (Wildman–Crippen MR) is 122 cm³/mol. The van der Waals surface area contributed by atoms with Gasteiger partial charge in [0.2, 0.25) is 0 Å². The molecule has 3 aromatic rings. The van der Waals surface area contributed by atoms with Crippen LogP contribution in [0, 0.1) is 5.82 Å². The number of fused-ring (bicyclic) bond motifs is 3. The molecule has 2 fully saturated rings. The van der Waals surface area contributed by atoms with Crippen molar-refractivity contribution in [3.05, 3.63) is 58.6 Å². The maximum Gasteiger partial charge on any atom is 0.264 e. The van der Waals surface area contributed by atoms with E-state index in [-0.39, 0.29) is 23.0 Å². The summed E-state index contributed by atoms with van der Waals surface area (Å²) in [5.41, 5.74) is 1.39. The first-order valence-corrected chi connectivity index (χ1v) is 11.3. The highest BCUT2D eigenvalue weighted by Crippen LogP contribution is 2.37. The van der Waals surface area contributed by atoms with Crippen LogP contribution in [-0.4, -0.2) is 47.2 Å². The predicted octanol–water partition coefficient (Wildman–Crippen LogP) is 5.50. The molecule has 5 nitrogen and oxygen atoms in total. The van der Waals surface area contributed by atoms with Gasteiger partial charge in [0.1, 0.15) is 16.7 Å². The van der Waals surface area contributed by atoms with Crippen LogP contribution in [0.3, 0.4) is 0 Å². The number of rotatable bonds is 4. The fourth-order valence-electron chi connectivity index (χ4n) is 4.64. The number of pyridine rings is 1. The zero-order valence-corrected chi connectivity index (χ0v) is 18.9. The van der Waals surface area contributed by atoms with Gasteiger partial charge in [-0.2, -0.15) is 0 Å². The number of amides is 1. The monoisotopic (exact) mass is 474 g/mol. The molecule has 166 valence electrons. The van der Waals surface area contributed by atoms with Crippen molar-refractivity contribution in [2.24, 2.45) is 0 Å². The normalized spacial score (nSPS) is 21.1. The molecule has 2 bridgehead atoms. The number of ether oxygens (including phenoxy) is 2. The summed E-state index contributed by atoms with van der Waals surface area (Å²) in [7, 11) is 0. The average molecular weight is 475 g/mol. The molecule has 3 atom stereocenters. The van der Waals surface area contributed by atoms with Gasteiger partial charge in [-0.3, -0.25) is 4.79 Å². The lowest BCUT2D eigenvalue weighted by atomic mass is 10.0. The van der Waals surface area contributed by atoms with Crippen molar-refractivity contribution in [3.8, 4) is 16.9 Å². The van der Waals surface area contributed by atoms with Crippen LogP contribution in [0.4, 0.5) is 4.39 Å².